The number of nitro groups is 2. The van der Waals surface area contributed by atoms with Gasteiger partial charge in [0.1, 0.15) is 0 Å². The zero-order valence-electron chi connectivity index (χ0n) is 12.1. The fourth-order valence-corrected chi connectivity index (χ4v) is 2.00. The van der Waals surface area contributed by atoms with Crippen LogP contribution in [0.1, 0.15) is 22.8 Å². The van der Waals surface area contributed by atoms with Crippen LogP contribution in [-0.2, 0) is 0 Å². The minimum absolute atomic E-state index is 0.0713. The summed E-state index contributed by atoms with van der Waals surface area (Å²) in [6.45, 7) is 1.65. The number of benzene rings is 2. The molecule has 0 aliphatic rings. The monoisotopic (exact) mass is 312 g/mol. The van der Waals surface area contributed by atoms with Crippen LogP contribution in [0, 0.1) is 20.2 Å². The van der Waals surface area contributed by atoms with Gasteiger partial charge in [0.05, 0.1) is 9.85 Å². The molecule has 0 atom stereocenters. The highest BCUT2D eigenvalue weighted by Gasteiger charge is 2.11. The predicted molar refractivity (Wildman–Crippen MR) is 84.2 cm³/mol. The summed E-state index contributed by atoms with van der Waals surface area (Å²) in [5, 5.41) is 21.5. The summed E-state index contributed by atoms with van der Waals surface area (Å²) < 4.78 is 0. The molecule has 116 valence electrons. The number of allylic oxidation sites excluding steroid dienone is 2. The third-order valence-corrected chi connectivity index (χ3v) is 3.20. The first-order chi connectivity index (χ1) is 10.9. The number of hydrogen-bond donors (Lipinski definition) is 0. The lowest BCUT2D eigenvalue weighted by Crippen LogP contribution is -1.98. The number of rotatable bonds is 5. The standard InChI is InChI=1S/C16H12N2O5/c1-11(12-4-2-6-14(9-12)17(20)21)8-16(19)13-5-3-7-15(10-13)18(22)23/h2-10H,1H3/b11-8-. The molecule has 0 fully saturated rings. The number of ketones is 1. The first kappa shape index (κ1) is 16.0. The second kappa shape index (κ2) is 6.61. The molecule has 0 bridgehead atoms. The van der Waals surface area contributed by atoms with Gasteiger partial charge < -0.3 is 0 Å². The van der Waals surface area contributed by atoms with E-state index in [1.807, 2.05) is 0 Å². The Morgan fingerprint density at radius 3 is 1.91 bits per heavy atom. The molecule has 0 radical (unpaired) electrons. The van der Waals surface area contributed by atoms with Crippen molar-refractivity contribution in [2.45, 2.75) is 6.92 Å². The van der Waals surface area contributed by atoms with E-state index in [-0.39, 0.29) is 16.9 Å². The molecular weight excluding hydrogens is 300 g/mol. The van der Waals surface area contributed by atoms with E-state index in [0.29, 0.717) is 11.1 Å². The highest BCUT2D eigenvalue weighted by atomic mass is 16.6. The quantitative estimate of drug-likeness (QED) is 0.361. The molecule has 0 saturated carbocycles. The van der Waals surface area contributed by atoms with Gasteiger partial charge in [-0.05, 0) is 24.1 Å². The largest absolute Gasteiger partial charge is 0.289 e. The molecule has 2 aromatic carbocycles. The Hall–Kier alpha value is -3.35. The van der Waals surface area contributed by atoms with Crippen LogP contribution < -0.4 is 0 Å². The van der Waals surface area contributed by atoms with E-state index in [4.69, 9.17) is 0 Å². The van der Waals surface area contributed by atoms with Crippen molar-refractivity contribution in [2.24, 2.45) is 0 Å². The second-order valence-corrected chi connectivity index (χ2v) is 4.81. The molecule has 0 unspecified atom stereocenters. The molecule has 0 aliphatic carbocycles. The fraction of sp³-hybridized carbons (Fsp3) is 0.0625. The maximum Gasteiger partial charge on any atom is 0.270 e. The summed E-state index contributed by atoms with van der Waals surface area (Å²) in [7, 11) is 0. The maximum atomic E-state index is 12.2. The Bertz CT molecular complexity index is 827. The summed E-state index contributed by atoms with van der Waals surface area (Å²) in [6.07, 6.45) is 1.30. The van der Waals surface area contributed by atoms with Gasteiger partial charge >= 0.3 is 0 Å². The minimum atomic E-state index is -0.575. The van der Waals surface area contributed by atoms with Gasteiger partial charge in [-0.15, -0.1) is 0 Å². The van der Waals surface area contributed by atoms with Crippen LogP contribution >= 0.6 is 0 Å². The second-order valence-electron chi connectivity index (χ2n) is 4.81. The molecule has 0 spiro atoms. The number of non-ortho nitro benzene ring substituents is 2. The molecule has 23 heavy (non-hydrogen) atoms. The predicted octanol–water partition coefficient (Wildman–Crippen LogP) is 3.79. The van der Waals surface area contributed by atoms with Crippen molar-refractivity contribution in [1.82, 2.24) is 0 Å². The van der Waals surface area contributed by atoms with Gasteiger partial charge in [-0.25, -0.2) is 0 Å². The lowest BCUT2D eigenvalue weighted by molar-refractivity contribution is -0.385. The van der Waals surface area contributed by atoms with Crippen LogP contribution in [0.3, 0.4) is 0 Å². The lowest BCUT2D eigenvalue weighted by atomic mass is 10.0. The highest BCUT2D eigenvalue weighted by molar-refractivity contribution is 6.08. The molecular formula is C16H12N2O5. The molecule has 0 aliphatic heterocycles. The van der Waals surface area contributed by atoms with E-state index in [2.05, 4.69) is 0 Å². The van der Waals surface area contributed by atoms with Crippen LogP contribution in [0.2, 0.25) is 0 Å². The van der Waals surface area contributed by atoms with Crippen LogP contribution in [0.15, 0.2) is 54.6 Å². The topological polar surface area (TPSA) is 103 Å². The zero-order valence-corrected chi connectivity index (χ0v) is 12.1. The van der Waals surface area contributed by atoms with Crippen molar-refractivity contribution in [2.75, 3.05) is 0 Å². The average molecular weight is 312 g/mol. The molecule has 2 aromatic rings. The van der Waals surface area contributed by atoms with Crippen molar-refractivity contribution in [1.29, 1.82) is 0 Å². The highest BCUT2D eigenvalue weighted by Crippen LogP contribution is 2.21. The van der Waals surface area contributed by atoms with Crippen molar-refractivity contribution < 1.29 is 14.6 Å². The number of carbonyl (C=O) groups excluding carboxylic acids is 1. The van der Waals surface area contributed by atoms with Crippen molar-refractivity contribution in [3.8, 4) is 0 Å². The van der Waals surface area contributed by atoms with Crippen LogP contribution in [-0.4, -0.2) is 15.6 Å². The smallest absolute Gasteiger partial charge is 0.270 e. The fourth-order valence-electron chi connectivity index (χ4n) is 2.00. The van der Waals surface area contributed by atoms with Gasteiger partial charge in [0.2, 0.25) is 0 Å². The summed E-state index contributed by atoms with van der Waals surface area (Å²) in [6, 6.07) is 11.3. The number of hydrogen-bond acceptors (Lipinski definition) is 5. The Balaban J connectivity index is 2.32. The Labute approximate surface area is 131 Å². The van der Waals surface area contributed by atoms with Gasteiger partial charge in [-0.3, -0.25) is 25.0 Å². The third-order valence-electron chi connectivity index (χ3n) is 3.20. The minimum Gasteiger partial charge on any atom is -0.289 e. The van der Waals surface area contributed by atoms with E-state index >= 15 is 0 Å². The van der Waals surface area contributed by atoms with Crippen LogP contribution in [0.4, 0.5) is 11.4 Å². The SMILES string of the molecule is C/C(=C/C(=O)c1cccc([N+](=O)[O-])c1)c1cccc([N+](=O)[O-])c1. The Kier molecular flexibility index (Phi) is 4.61. The van der Waals surface area contributed by atoms with E-state index in [1.165, 1.54) is 48.5 Å². The first-order valence-electron chi connectivity index (χ1n) is 6.60. The number of carbonyl (C=O) groups is 1. The van der Waals surface area contributed by atoms with Gasteiger partial charge in [-0.1, -0.05) is 24.3 Å². The van der Waals surface area contributed by atoms with Crippen molar-refractivity contribution in [3.63, 3.8) is 0 Å². The van der Waals surface area contributed by atoms with E-state index < -0.39 is 15.6 Å². The number of nitrogens with zero attached hydrogens (tertiary/aromatic N) is 2. The molecule has 0 heterocycles. The molecule has 0 saturated heterocycles. The lowest BCUT2D eigenvalue weighted by Gasteiger charge is -2.02. The van der Waals surface area contributed by atoms with Crippen LogP contribution in [0.5, 0.6) is 0 Å². The summed E-state index contributed by atoms with van der Waals surface area (Å²) in [5.41, 5.74) is 1.02. The van der Waals surface area contributed by atoms with Gasteiger partial charge in [-0.2, -0.15) is 0 Å². The van der Waals surface area contributed by atoms with Crippen LogP contribution in [0.25, 0.3) is 5.57 Å². The van der Waals surface area contributed by atoms with E-state index in [9.17, 15) is 25.0 Å². The van der Waals surface area contributed by atoms with Gasteiger partial charge in [0, 0.05) is 29.8 Å². The molecule has 0 amide bonds. The molecule has 0 aromatic heterocycles. The first-order valence-corrected chi connectivity index (χ1v) is 6.60. The normalized spacial score (nSPS) is 11.1. The van der Waals surface area contributed by atoms with E-state index in [1.54, 1.807) is 13.0 Å². The summed E-state index contributed by atoms with van der Waals surface area (Å²) in [5.74, 6) is -0.405. The zero-order chi connectivity index (χ0) is 17.0. The summed E-state index contributed by atoms with van der Waals surface area (Å²) in [4.78, 5) is 32.6. The van der Waals surface area contributed by atoms with E-state index in [0.717, 1.165) is 0 Å². The molecule has 0 N–H and O–H groups in total. The number of nitro benzene ring substituents is 2. The van der Waals surface area contributed by atoms with Crippen molar-refractivity contribution in [3.05, 3.63) is 86.0 Å². The Morgan fingerprint density at radius 2 is 1.39 bits per heavy atom. The van der Waals surface area contributed by atoms with Crippen molar-refractivity contribution >= 4 is 22.7 Å². The Morgan fingerprint density at radius 1 is 0.913 bits per heavy atom. The van der Waals surface area contributed by atoms with Gasteiger partial charge in [0.15, 0.2) is 5.78 Å². The third kappa shape index (κ3) is 3.85. The summed E-state index contributed by atoms with van der Waals surface area (Å²) >= 11 is 0. The molecule has 7 nitrogen and oxygen atoms in total. The molecule has 7 heteroatoms. The average Bonchev–Trinajstić information content (AvgIpc) is 2.54. The van der Waals surface area contributed by atoms with Gasteiger partial charge in [0.25, 0.3) is 11.4 Å². The maximum absolute atomic E-state index is 12.2. The molecule has 2 rings (SSSR count).